The number of piperidine rings is 1. The summed E-state index contributed by atoms with van der Waals surface area (Å²) in [4.78, 5) is 21.9. The van der Waals surface area contributed by atoms with Gasteiger partial charge >= 0.3 is 13.1 Å². The molecular formula is C16H24BN3O4. The van der Waals surface area contributed by atoms with Crippen LogP contribution >= 0.6 is 0 Å². The van der Waals surface area contributed by atoms with Crippen LogP contribution < -0.4 is 10.4 Å². The van der Waals surface area contributed by atoms with Gasteiger partial charge in [-0.1, -0.05) is 0 Å². The molecule has 0 amide bonds. The number of carboxylic acid groups (broad SMARTS) is 1. The van der Waals surface area contributed by atoms with Gasteiger partial charge in [0.25, 0.3) is 0 Å². The molecule has 3 heterocycles. The number of aromatic nitrogens is 2. The smallest absolute Gasteiger partial charge is 0.480 e. The zero-order valence-corrected chi connectivity index (χ0v) is 14.7. The Labute approximate surface area is 142 Å². The molecule has 1 N–H and O–H groups in total. The number of hydrogen-bond acceptors (Lipinski definition) is 6. The molecule has 0 spiro atoms. The molecule has 0 saturated carbocycles. The maximum absolute atomic E-state index is 11.4. The monoisotopic (exact) mass is 333 g/mol. The van der Waals surface area contributed by atoms with Crippen molar-refractivity contribution in [2.24, 2.45) is 0 Å². The summed E-state index contributed by atoms with van der Waals surface area (Å²) in [5.41, 5.74) is -0.101. The third-order valence-corrected chi connectivity index (χ3v) is 5.23. The summed E-state index contributed by atoms with van der Waals surface area (Å²) in [6.45, 7) is 8.63. The van der Waals surface area contributed by atoms with Gasteiger partial charge in [-0.25, -0.2) is 14.8 Å². The number of carbonyl (C=O) groups is 1. The molecule has 0 aromatic carbocycles. The first kappa shape index (κ1) is 17.2. The van der Waals surface area contributed by atoms with Crippen molar-refractivity contribution in [2.75, 3.05) is 11.4 Å². The minimum absolute atomic E-state index is 0.419. The fourth-order valence-corrected chi connectivity index (χ4v) is 3.01. The van der Waals surface area contributed by atoms with Crippen LogP contribution in [0.1, 0.15) is 47.0 Å². The highest BCUT2D eigenvalue weighted by Crippen LogP contribution is 2.36. The van der Waals surface area contributed by atoms with Crippen LogP contribution in [0.4, 0.5) is 5.95 Å². The molecule has 130 valence electrons. The van der Waals surface area contributed by atoms with Gasteiger partial charge in [-0.3, -0.25) is 0 Å². The minimum Gasteiger partial charge on any atom is -0.480 e. The van der Waals surface area contributed by atoms with E-state index in [1.54, 1.807) is 17.3 Å². The Balaban J connectivity index is 1.78. The van der Waals surface area contributed by atoms with E-state index in [0.717, 1.165) is 18.3 Å². The van der Waals surface area contributed by atoms with Crippen LogP contribution in [0.15, 0.2) is 12.4 Å². The van der Waals surface area contributed by atoms with Crippen molar-refractivity contribution in [3.8, 4) is 0 Å². The van der Waals surface area contributed by atoms with E-state index in [9.17, 15) is 9.90 Å². The average molecular weight is 333 g/mol. The largest absolute Gasteiger partial charge is 0.498 e. The van der Waals surface area contributed by atoms with Crippen LogP contribution in [0.3, 0.4) is 0 Å². The van der Waals surface area contributed by atoms with Crippen molar-refractivity contribution in [2.45, 2.75) is 64.2 Å². The number of aliphatic carboxylic acids is 1. The second-order valence-electron chi connectivity index (χ2n) is 7.45. The van der Waals surface area contributed by atoms with Crippen molar-refractivity contribution in [3.63, 3.8) is 0 Å². The van der Waals surface area contributed by atoms with Gasteiger partial charge in [-0.2, -0.15) is 0 Å². The highest BCUT2D eigenvalue weighted by molar-refractivity contribution is 6.61. The Kier molecular flexibility index (Phi) is 4.29. The Hall–Kier alpha value is -1.67. The molecule has 1 aromatic rings. The first-order valence-corrected chi connectivity index (χ1v) is 8.38. The van der Waals surface area contributed by atoms with E-state index in [1.165, 1.54) is 0 Å². The van der Waals surface area contributed by atoms with Gasteiger partial charge in [0, 0.05) is 24.4 Å². The molecule has 24 heavy (non-hydrogen) atoms. The Morgan fingerprint density at radius 2 is 1.79 bits per heavy atom. The molecule has 2 fully saturated rings. The van der Waals surface area contributed by atoms with Crippen molar-refractivity contribution < 1.29 is 19.2 Å². The molecule has 8 heteroatoms. The summed E-state index contributed by atoms with van der Waals surface area (Å²) in [5.74, 6) is -0.379. The van der Waals surface area contributed by atoms with E-state index in [0.29, 0.717) is 18.9 Å². The molecule has 0 radical (unpaired) electrons. The number of nitrogens with zero attached hydrogens (tertiary/aromatic N) is 3. The molecule has 2 aliphatic rings. The summed E-state index contributed by atoms with van der Waals surface area (Å²) in [6.07, 6.45) is 5.82. The lowest BCUT2D eigenvalue weighted by Gasteiger charge is -2.32. The van der Waals surface area contributed by atoms with Gasteiger partial charge in [-0.15, -0.1) is 0 Å². The highest BCUT2D eigenvalue weighted by atomic mass is 16.7. The summed E-state index contributed by atoms with van der Waals surface area (Å²) in [7, 11) is -0.513. The van der Waals surface area contributed by atoms with Gasteiger partial charge in [0.15, 0.2) is 0 Å². The number of rotatable bonds is 3. The van der Waals surface area contributed by atoms with Gasteiger partial charge in [0.1, 0.15) is 6.04 Å². The topological polar surface area (TPSA) is 84.8 Å². The van der Waals surface area contributed by atoms with Gasteiger partial charge in [0.05, 0.1) is 11.2 Å². The van der Waals surface area contributed by atoms with E-state index in [2.05, 4.69) is 9.97 Å². The summed E-state index contributed by atoms with van der Waals surface area (Å²) in [6, 6.07) is -0.554. The first-order chi connectivity index (χ1) is 11.2. The van der Waals surface area contributed by atoms with Crippen LogP contribution in [0, 0.1) is 0 Å². The summed E-state index contributed by atoms with van der Waals surface area (Å²) in [5, 5.41) is 9.38. The Bertz CT molecular complexity index is 604. The van der Waals surface area contributed by atoms with E-state index < -0.39 is 30.3 Å². The Morgan fingerprint density at radius 3 is 2.33 bits per heavy atom. The van der Waals surface area contributed by atoms with E-state index in [1.807, 2.05) is 27.7 Å². The molecule has 2 saturated heterocycles. The first-order valence-electron chi connectivity index (χ1n) is 8.38. The van der Waals surface area contributed by atoms with Crippen LogP contribution in [0.25, 0.3) is 0 Å². The zero-order valence-electron chi connectivity index (χ0n) is 14.7. The predicted molar refractivity (Wildman–Crippen MR) is 90.4 cm³/mol. The third-order valence-electron chi connectivity index (χ3n) is 5.23. The van der Waals surface area contributed by atoms with Gasteiger partial charge in [0.2, 0.25) is 5.95 Å². The van der Waals surface area contributed by atoms with Gasteiger partial charge < -0.3 is 19.3 Å². The van der Waals surface area contributed by atoms with Crippen molar-refractivity contribution in [3.05, 3.63) is 12.4 Å². The SMILES string of the molecule is CC1(C)OB(c2cnc(N3CCCCC3C(=O)O)nc2)OC1(C)C. The third kappa shape index (κ3) is 3.00. The maximum atomic E-state index is 11.4. The van der Waals surface area contributed by atoms with E-state index in [-0.39, 0.29) is 0 Å². The fraction of sp³-hybridized carbons (Fsp3) is 0.688. The second kappa shape index (κ2) is 6.00. The molecule has 2 aliphatic heterocycles. The zero-order chi connectivity index (χ0) is 17.5. The lowest BCUT2D eigenvalue weighted by Crippen LogP contribution is -2.46. The molecule has 0 aliphatic carbocycles. The van der Waals surface area contributed by atoms with E-state index in [4.69, 9.17) is 9.31 Å². The van der Waals surface area contributed by atoms with Gasteiger partial charge in [-0.05, 0) is 47.0 Å². The number of anilines is 1. The minimum atomic E-state index is -0.826. The van der Waals surface area contributed by atoms with Crippen molar-refractivity contribution in [1.29, 1.82) is 0 Å². The maximum Gasteiger partial charge on any atom is 0.498 e. The normalized spacial score (nSPS) is 25.8. The highest BCUT2D eigenvalue weighted by Gasteiger charge is 2.52. The average Bonchev–Trinajstić information content (AvgIpc) is 2.75. The molecule has 3 rings (SSSR count). The quantitative estimate of drug-likeness (QED) is 0.833. The molecule has 0 bridgehead atoms. The second-order valence-corrected chi connectivity index (χ2v) is 7.45. The lowest BCUT2D eigenvalue weighted by atomic mass is 9.81. The van der Waals surface area contributed by atoms with Crippen molar-refractivity contribution in [1.82, 2.24) is 9.97 Å². The van der Waals surface area contributed by atoms with E-state index >= 15 is 0 Å². The van der Waals surface area contributed by atoms with Crippen LogP contribution in [-0.2, 0) is 14.1 Å². The lowest BCUT2D eigenvalue weighted by molar-refractivity contribution is -0.139. The fourth-order valence-electron chi connectivity index (χ4n) is 3.01. The molecular weight excluding hydrogens is 309 g/mol. The standard InChI is InChI=1S/C16H24BN3O4/c1-15(2)16(3,4)24-17(23-15)11-9-18-14(19-10-11)20-8-6-5-7-12(20)13(21)22/h9-10,12H,5-8H2,1-4H3,(H,21,22). The summed E-state index contributed by atoms with van der Waals surface area (Å²) >= 11 is 0. The predicted octanol–water partition coefficient (Wildman–Crippen LogP) is 1.22. The molecule has 1 unspecified atom stereocenters. The van der Waals surface area contributed by atoms with Crippen molar-refractivity contribution >= 4 is 24.5 Å². The molecule has 7 nitrogen and oxygen atoms in total. The molecule has 1 atom stereocenters. The van der Waals surface area contributed by atoms with Crippen LogP contribution in [-0.4, -0.2) is 52.0 Å². The molecule has 1 aromatic heterocycles. The number of carboxylic acids is 1. The van der Waals surface area contributed by atoms with Crippen LogP contribution in [0.5, 0.6) is 0 Å². The number of hydrogen-bond donors (Lipinski definition) is 1. The Morgan fingerprint density at radius 1 is 1.21 bits per heavy atom. The summed E-state index contributed by atoms with van der Waals surface area (Å²) < 4.78 is 12.0. The van der Waals surface area contributed by atoms with Crippen LogP contribution in [0.2, 0.25) is 0 Å².